The lowest BCUT2D eigenvalue weighted by Crippen LogP contribution is -2.47. The minimum Gasteiger partial charge on any atom is -0.465 e. The number of esters is 1. The quantitative estimate of drug-likeness (QED) is 0.139. The highest BCUT2D eigenvalue weighted by Gasteiger charge is 2.32. The van der Waals surface area contributed by atoms with Gasteiger partial charge in [-0.05, 0) is 61.8 Å². The molecule has 12 heteroatoms. The zero-order chi connectivity index (χ0) is 29.7. The van der Waals surface area contributed by atoms with E-state index in [0.29, 0.717) is 12.1 Å². The van der Waals surface area contributed by atoms with Gasteiger partial charge in [-0.1, -0.05) is 23.7 Å². The number of anilines is 1. The van der Waals surface area contributed by atoms with Gasteiger partial charge in [-0.15, -0.1) is 13.2 Å². The van der Waals surface area contributed by atoms with Gasteiger partial charge < -0.3 is 19.7 Å². The maximum absolute atomic E-state index is 12.4. The number of halogens is 4. The van der Waals surface area contributed by atoms with E-state index in [1.165, 1.54) is 19.2 Å². The minimum absolute atomic E-state index is 0.0692. The molecule has 42 heavy (non-hydrogen) atoms. The summed E-state index contributed by atoms with van der Waals surface area (Å²) in [6.07, 6.45) is 0.836. The SMILES string of the molecule is COC(=O)c1ccc2c(c1)nc(N1CCN(CCCCNCc3ccc(OC(F)(F)F)c(Cl)c3)CC1)c1ccncc12. The first-order valence-corrected chi connectivity index (χ1v) is 14.1. The second-order valence-corrected chi connectivity index (χ2v) is 10.5. The second kappa shape index (κ2) is 13.1. The molecule has 1 N–H and O–H groups in total. The third kappa shape index (κ3) is 7.21. The molecule has 2 aromatic heterocycles. The highest BCUT2D eigenvalue weighted by atomic mass is 35.5. The fourth-order valence-electron chi connectivity index (χ4n) is 5.18. The van der Waals surface area contributed by atoms with E-state index in [0.717, 1.165) is 85.2 Å². The fourth-order valence-corrected chi connectivity index (χ4v) is 5.42. The summed E-state index contributed by atoms with van der Waals surface area (Å²) in [7, 11) is 1.37. The first-order valence-electron chi connectivity index (χ1n) is 13.7. The van der Waals surface area contributed by atoms with Crippen molar-refractivity contribution in [2.75, 3.05) is 51.3 Å². The average molecular weight is 602 g/mol. The molecule has 1 fully saturated rings. The van der Waals surface area contributed by atoms with E-state index >= 15 is 0 Å². The summed E-state index contributed by atoms with van der Waals surface area (Å²) >= 11 is 5.93. The molecule has 3 heterocycles. The summed E-state index contributed by atoms with van der Waals surface area (Å²) in [5, 5.41) is 6.22. The molecule has 0 bridgehead atoms. The van der Waals surface area contributed by atoms with E-state index < -0.39 is 18.1 Å². The molecule has 4 aromatic rings. The van der Waals surface area contributed by atoms with Crippen LogP contribution in [0.2, 0.25) is 5.02 Å². The van der Waals surface area contributed by atoms with Crippen LogP contribution in [0.1, 0.15) is 28.8 Å². The number of benzene rings is 2. The van der Waals surface area contributed by atoms with Crippen LogP contribution >= 0.6 is 11.6 Å². The van der Waals surface area contributed by atoms with Crippen molar-refractivity contribution in [3.8, 4) is 5.75 Å². The number of methoxy groups -OCH3 is 1. The Balaban J connectivity index is 1.11. The molecule has 1 aliphatic rings. The predicted octanol–water partition coefficient (Wildman–Crippen LogP) is 5.81. The number of carbonyl (C=O) groups excluding carboxylic acids is 1. The lowest BCUT2D eigenvalue weighted by Gasteiger charge is -2.36. The number of nitrogens with one attached hydrogen (secondary N) is 1. The van der Waals surface area contributed by atoms with Crippen LogP contribution in [0.4, 0.5) is 19.0 Å². The summed E-state index contributed by atoms with van der Waals surface area (Å²) < 4.78 is 46.0. The zero-order valence-electron chi connectivity index (χ0n) is 23.1. The highest BCUT2D eigenvalue weighted by Crippen LogP contribution is 2.32. The molecule has 2 aromatic carbocycles. The molecule has 0 spiro atoms. The van der Waals surface area contributed by atoms with Crippen molar-refractivity contribution in [1.29, 1.82) is 0 Å². The maximum Gasteiger partial charge on any atom is 0.573 e. The largest absolute Gasteiger partial charge is 0.573 e. The van der Waals surface area contributed by atoms with E-state index in [4.69, 9.17) is 21.3 Å². The number of piperazine rings is 1. The predicted molar refractivity (Wildman–Crippen MR) is 156 cm³/mol. The Morgan fingerprint density at radius 2 is 1.83 bits per heavy atom. The van der Waals surface area contributed by atoms with Crippen molar-refractivity contribution >= 4 is 45.1 Å². The van der Waals surface area contributed by atoms with Gasteiger partial charge in [0.25, 0.3) is 0 Å². The van der Waals surface area contributed by atoms with Crippen molar-refractivity contribution in [2.45, 2.75) is 25.7 Å². The third-order valence-corrected chi connectivity index (χ3v) is 7.59. The smallest absolute Gasteiger partial charge is 0.465 e. The number of ether oxygens (including phenoxy) is 2. The number of rotatable bonds is 10. The molecule has 222 valence electrons. The summed E-state index contributed by atoms with van der Waals surface area (Å²) in [6.45, 7) is 5.75. The van der Waals surface area contributed by atoms with Crippen molar-refractivity contribution in [2.24, 2.45) is 0 Å². The number of nitrogens with zero attached hydrogens (tertiary/aromatic N) is 4. The number of hydrogen-bond donors (Lipinski definition) is 1. The van der Waals surface area contributed by atoms with E-state index in [1.54, 1.807) is 24.4 Å². The molecule has 0 saturated carbocycles. The number of unbranched alkanes of at least 4 members (excludes halogenated alkanes) is 1. The average Bonchev–Trinajstić information content (AvgIpc) is 2.98. The molecule has 8 nitrogen and oxygen atoms in total. The molecular weight excluding hydrogens is 571 g/mol. The molecular formula is C30H31ClF3N5O3. The molecule has 0 atom stereocenters. The molecule has 0 aliphatic carbocycles. The first-order chi connectivity index (χ1) is 20.2. The van der Waals surface area contributed by atoms with Crippen LogP contribution in [0.5, 0.6) is 5.75 Å². The molecule has 5 rings (SSSR count). The normalized spacial score (nSPS) is 14.5. The van der Waals surface area contributed by atoms with E-state index in [1.807, 2.05) is 18.3 Å². The van der Waals surface area contributed by atoms with Crippen molar-refractivity contribution < 1.29 is 27.4 Å². The number of aromatic nitrogens is 2. The van der Waals surface area contributed by atoms with E-state index in [-0.39, 0.29) is 5.02 Å². The van der Waals surface area contributed by atoms with Crippen LogP contribution in [0.15, 0.2) is 54.9 Å². The standard InChI is InChI=1S/C30H31ClF3N5O3/c1-41-29(40)21-5-6-22-24-19-36-10-8-23(24)28(37-26(22)17-21)39-14-12-38(13-15-39)11-3-2-9-35-18-20-4-7-27(25(31)16-20)42-30(32,33)34/h4-8,10,16-17,19,35H,2-3,9,11-15,18H2,1H3. The number of fused-ring (bicyclic) bond motifs is 3. The Labute approximate surface area is 246 Å². The Morgan fingerprint density at radius 1 is 1.02 bits per heavy atom. The van der Waals surface area contributed by atoms with Gasteiger partial charge in [-0.25, -0.2) is 9.78 Å². The zero-order valence-corrected chi connectivity index (χ0v) is 23.8. The lowest BCUT2D eigenvalue weighted by atomic mass is 10.1. The van der Waals surface area contributed by atoms with Crippen LogP contribution in [-0.2, 0) is 11.3 Å². The van der Waals surface area contributed by atoms with Crippen molar-refractivity contribution in [3.05, 3.63) is 71.0 Å². The maximum atomic E-state index is 12.4. The van der Waals surface area contributed by atoms with Gasteiger partial charge in [0.1, 0.15) is 11.6 Å². The number of carbonyl (C=O) groups is 1. The summed E-state index contributed by atoms with van der Waals surface area (Å²) in [5.41, 5.74) is 1.98. The second-order valence-electron chi connectivity index (χ2n) is 10.1. The summed E-state index contributed by atoms with van der Waals surface area (Å²) in [6, 6.07) is 11.7. The Kier molecular flexibility index (Phi) is 9.30. The monoisotopic (exact) mass is 601 g/mol. The van der Waals surface area contributed by atoms with Crippen LogP contribution in [0.25, 0.3) is 21.7 Å². The minimum atomic E-state index is -4.77. The van der Waals surface area contributed by atoms with Crippen molar-refractivity contribution in [1.82, 2.24) is 20.2 Å². The number of pyridine rings is 2. The molecule has 1 saturated heterocycles. The van der Waals surface area contributed by atoms with Crippen LogP contribution in [0.3, 0.4) is 0 Å². The van der Waals surface area contributed by atoms with Crippen LogP contribution in [0, 0.1) is 0 Å². The molecule has 0 unspecified atom stereocenters. The summed E-state index contributed by atoms with van der Waals surface area (Å²) in [5.74, 6) is 0.0968. The first kappa shape index (κ1) is 29.8. The summed E-state index contributed by atoms with van der Waals surface area (Å²) in [4.78, 5) is 26.1. The fraction of sp³-hybridized carbons (Fsp3) is 0.367. The topological polar surface area (TPSA) is 79.8 Å². The van der Waals surface area contributed by atoms with Gasteiger partial charge in [-0.2, -0.15) is 0 Å². The van der Waals surface area contributed by atoms with Gasteiger partial charge >= 0.3 is 12.3 Å². The van der Waals surface area contributed by atoms with Crippen molar-refractivity contribution in [3.63, 3.8) is 0 Å². The number of alkyl halides is 3. The molecule has 0 amide bonds. The number of hydrogen-bond acceptors (Lipinski definition) is 8. The van der Waals surface area contributed by atoms with Gasteiger partial charge in [-0.3, -0.25) is 9.88 Å². The molecule has 0 radical (unpaired) electrons. The Morgan fingerprint density at radius 3 is 2.57 bits per heavy atom. The van der Waals surface area contributed by atoms with Crippen LogP contribution in [-0.4, -0.2) is 73.6 Å². The van der Waals surface area contributed by atoms with E-state index in [9.17, 15) is 18.0 Å². The van der Waals surface area contributed by atoms with Gasteiger partial charge in [0.15, 0.2) is 0 Å². The highest BCUT2D eigenvalue weighted by molar-refractivity contribution is 6.32. The van der Waals surface area contributed by atoms with Gasteiger partial charge in [0.05, 0.1) is 23.2 Å². The van der Waals surface area contributed by atoms with E-state index in [2.05, 4.69) is 24.8 Å². The Hall–Kier alpha value is -3.67. The van der Waals surface area contributed by atoms with Gasteiger partial charge in [0.2, 0.25) is 0 Å². The molecule has 1 aliphatic heterocycles. The van der Waals surface area contributed by atoms with Gasteiger partial charge in [0, 0.05) is 61.3 Å². The lowest BCUT2D eigenvalue weighted by molar-refractivity contribution is -0.274. The Bertz CT molecular complexity index is 1560. The van der Waals surface area contributed by atoms with Crippen LogP contribution < -0.4 is 15.0 Å². The third-order valence-electron chi connectivity index (χ3n) is 7.30.